The van der Waals surface area contributed by atoms with Gasteiger partial charge in [-0.2, -0.15) is 0 Å². The Morgan fingerprint density at radius 2 is 1.44 bits per heavy atom. The molecule has 0 aliphatic carbocycles. The van der Waals surface area contributed by atoms with Crippen LogP contribution in [0.25, 0.3) is 0 Å². The van der Waals surface area contributed by atoms with E-state index in [0.717, 1.165) is 34.6 Å². The van der Waals surface area contributed by atoms with Gasteiger partial charge in [-0.3, -0.25) is 4.79 Å². The quantitative estimate of drug-likeness (QED) is 0.322. The second kappa shape index (κ2) is 12.2. The van der Waals surface area contributed by atoms with Crippen LogP contribution in [0, 0.1) is 5.82 Å². The van der Waals surface area contributed by atoms with Crippen LogP contribution in [-0.2, 0) is 11.3 Å². The van der Waals surface area contributed by atoms with Gasteiger partial charge in [0, 0.05) is 25.4 Å². The average molecular weight is 464 g/mol. The summed E-state index contributed by atoms with van der Waals surface area (Å²) in [4.78, 5) is 14.6. The van der Waals surface area contributed by atoms with Crippen LogP contribution in [0.4, 0.5) is 4.39 Å². The van der Waals surface area contributed by atoms with Crippen molar-refractivity contribution in [2.75, 3.05) is 13.7 Å². The van der Waals surface area contributed by atoms with Crippen LogP contribution in [0.1, 0.15) is 56.2 Å². The molecule has 34 heavy (non-hydrogen) atoms. The highest BCUT2D eigenvalue weighted by Gasteiger charge is 2.19. The Morgan fingerprint density at radius 1 is 0.882 bits per heavy atom. The first-order chi connectivity index (χ1) is 16.4. The minimum absolute atomic E-state index is 0.0247. The molecule has 0 aromatic heterocycles. The van der Waals surface area contributed by atoms with Crippen LogP contribution >= 0.6 is 0 Å². The van der Waals surface area contributed by atoms with Crippen LogP contribution in [0.3, 0.4) is 0 Å². The molecular formula is C29H34FNO3. The standard InChI is InChI=1S/C29H34FNO3/c1-5-29(32)31(20-22-6-14-26(33-4)15-7-22)19-18-28(23-8-12-25(30)13-9-23)24-10-16-27(17-11-24)34-21(2)3/h6-17,21,28H,5,18-20H2,1-4H3/t28-/m1/s1. The summed E-state index contributed by atoms with van der Waals surface area (Å²) in [5, 5.41) is 0. The minimum Gasteiger partial charge on any atom is -0.497 e. The summed E-state index contributed by atoms with van der Waals surface area (Å²) in [6, 6.07) is 22.5. The second-order valence-electron chi connectivity index (χ2n) is 8.65. The number of rotatable bonds is 11. The van der Waals surface area contributed by atoms with Crippen LogP contribution in [-0.4, -0.2) is 30.6 Å². The molecule has 0 aliphatic heterocycles. The zero-order valence-electron chi connectivity index (χ0n) is 20.5. The van der Waals surface area contributed by atoms with Crippen LogP contribution < -0.4 is 9.47 Å². The third-order valence-electron chi connectivity index (χ3n) is 5.80. The number of nitrogens with zero attached hydrogens (tertiary/aromatic N) is 1. The fourth-order valence-electron chi connectivity index (χ4n) is 4.02. The Labute approximate surface area is 202 Å². The predicted octanol–water partition coefficient (Wildman–Crippen LogP) is 6.58. The van der Waals surface area contributed by atoms with Crippen LogP contribution in [0.15, 0.2) is 72.8 Å². The van der Waals surface area contributed by atoms with E-state index in [1.54, 1.807) is 7.11 Å². The van der Waals surface area contributed by atoms with Gasteiger partial charge in [0.05, 0.1) is 13.2 Å². The van der Waals surface area contributed by atoms with E-state index in [-0.39, 0.29) is 23.7 Å². The van der Waals surface area contributed by atoms with Crippen molar-refractivity contribution < 1.29 is 18.7 Å². The number of halogens is 1. The zero-order valence-corrected chi connectivity index (χ0v) is 20.5. The lowest BCUT2D eigenvalue weighted by Gasteiger charge is -2.26. The maximum absolute atomic E-state index is 13.6. The fourth-order valence-corrected chi connectivity index (χ4v) is 4.02. The molecule has 0 heterocycles. The minimum atomic E-state index is -0.259. The van der Waals surface area contributed by atoms with Gasteiger partial charge in [-0.05, 0) is 73.4 Å². The molecule has 0 radical (unpaired) electrons. The van der Waals surface area contributed by atoms with Gasteiger partial charge in [-0.1, -0.05) is 43.3 Å². The van der Waals surface area contributed by atoms with Gasteiger partial charge in [-0.15, -0.1) is 0 Å². The molecule has 3 aromatic carbocycles. The van der Waals surface area contributed by atoms with E-state index in [9.17, 15) is 9.18 Å². The summed E-state index contributed by atoms with van der Waals surface area (Å²) in [5.74, 6) is 1.48. The van der Waals surface area contributed by atoms with Crippen molar-refractivity contribution in [3.8, 4) is 11.5 Å². The van der Waals surface area contributed by atoms with E-state index < -0.39 is 0 Å². The van der Waals surface area contributed by atoms with Crippen molar-refractivity contribution in [2.45, 2.75) is 52.2 Å². The molecule has 0 fully saturated rings. The van der Waals surface area contributed by atoms with E-state index in [1.807, 2.05) is 74.2 Å². The van der Waals surface area contributed by atoms with E-state index in [4.69, 9.17) is 9.47 Å². The number of amides is 1. The number of methoxy groups -OCH3 is 1. The van der Waals surface area contributed by atoms with Crippen molar-refractivity contribution in [3.05, 3.63) is 95.3 Å². The molecule has 0 N–H and O–H groups in total. The molecule has 0 saturated heterocycles. The molecule has 1 atom stereocenters. The summed E-state index contributed by atoms with van der Waals surface area (Å²) < 4.78 is 24.6. The van der Waals surface area contributed by atoms with Gasteiger partial charge in [0.25, 0.3) is 0 Å². The Kier molecular flexibility index (Phi) is 9.08. The Balaban J connectivity index is 1.81. The maximum Gasteiger partial charge on any atom is 0.222 e. The van der Waals surface area contributed by atoms with E-state index >= 15 is 0 Å². The second-order valence-corrected chi connectivity index (χ2v) is 8.65. The molecule has 0 bridgehead atoms. The lowest BCUT2D eigenvalue weighted by atomic mass is 9.88. The molecule has 4 nitrogen and oxygen atoms in total. The molecule has 3 aromatic rings. The Hall–Kier alpha value is -3.34. The highest BCUT2D eigenvalue weighted by atomic mass is 19.1. The third-order valence-corrected chi connectivity index (χ3v) is 5.80. The SMILES string of the molecule is CCC(=O)N(CC[C@H](c1ccc(F)cc1)c1ccc(OC(C)C)cc1)Cc1ccc(OC)cc1. The highest BCUT2D eigenvalue weighted by Crippen LogP contribution is 2.30. The molecule has 1 amide bonds. The molecule has 5 heteroatoms. The van der Waals surface area contributed by atoms with Gasteiger partial charge in [0.1, 0.15) is 17.3 Å². The number of carbonyl (C=O) groups is 1. The summed E-state index contributed by atoms with van der Waals surface area (Å²) in [6.07, 6.45) is 1.27. The summed E-state index contributed by atoms with van der Waals surface area (Å²) in [5.41, 5.74) is 3.18. The number of hydrogen-bond donors (Lipinski definition) is 0. The van der Waals surface area contributed by atoms with Crippen molar-refractivity contribution in [3.63, 3.8) is 0 Å². The van der Waals surface area contributed by atoms with Crippen molar-refractivity contribution in [1.29, 1.82) is 0 Å². The molecule has 3 rings (SSSR count). The van der Waals surface area contributed by atoms with Gasteiger partial charge in [0.2, 0.25) is 5.91 Å². The Morgan fingerprint density at radius 3 is 1.97 bits per heavy atom. The largest absolute Gasteiger partial charge is 0.497 e. The average Bonchev–Trinajstić information content (AvgIpc) is 2.85. The van der Waals surface area contributed by atoms with Gasteiger partial charge >= 0.3 is 0 Å². The first kappa shape index (κ1) is 25.3. The van der Waals surface area contributed by atoms with E-state index in [2.05, 4.69) is 12.1 Å². The molecule has 180 valence electrons. The van der Waals surface area contributed by atoms with Crippen molar-refractivity contribution >= 4 is 5.91 Å². The fraction of sp³-hybridized carbons (Fsp3) is 0.345. The topological polar surface area (TPSA) is 38.8 Å². The molecule has 0 saturated carbocycles. The maximum atomic E-state index is 13.6. The Bertz CT molecular complexity index is 1030. The monoisotopic (exact) mass is 463 g/mol. The van der Waals surface area contributed by atoms with Crippen LogP contribution in [0.2, 0.25) is 0 Å². The van der Waals surface area contributed by atoms with Crippen molar-refractivity contribution in [1.82, 2.24) is 4.90 Å². The molecule has 0 aliphatic rings. The highest BCUT2D eigenvalue weighted by molar-refractivity contribution is 5.75. The van der Waals surface area contributed by atoms with Crippen molar-refractivity contribution in [2.24, 2.45) is 0 Å². The zero-order chi connectivity index (χ0) is 24.5. The van der Waals surface area contributed by atoms with Crippen LogP contribution in [0.5, 0.6) is 11.5 Å². The molecule has 0 unspecified atom stereocenters. The van der Waals surface area contributed by atoms with Gasteiger partial charge in [0.15, 0.2) is 0 Å². The van der Waals surface area contributed by atoms with E-state index in [0.29, 0.717) is 19.5 Å². The first-order valence-corrected chi connectivity index (χ1v) is 11.8. The van der Waals surface area contributed by atoms with Gasteiger partial charge < -0.3 is 14.4 Å². The summed E-state index contributed by atoms with van der Waals surface area (Å²) in [7, 11) is 1.64. The lowest BCUT2D eigenvalue weighted by molar-refractivity contribution is -0.131. The normalized spacial score (nSPS) is 11.8. The molecule has 0 spiro atoms. The smallest absolute Gasteiger partial charge is 0.222 e. The van der Waals surface area contributed by atoms with E-state index in [1.165, 1.54) is 12.1 Å². The predicted molar refractivity (Wildman–Crippen MR) is 134 cm³/mol. The summed E-state index contributed by atoms with van der Waals surface area (Å²) in [6.45, 7) is 7.00. The summed E-state index contributed by atoms with van der Waals surface area (Å²) >= 11 is 0. The van der Waals surface area contributed by atoms with Gasteiger partial charge in [-0.25, -0.2) is 4.39 Å². The number of carbonyl (C=O) groups excluding carboxylic acids is 1. The number of hydrogen-bond acceptors (Lipinski definition) is 3. The first-order valence-electron chi connectivity index (χ1n) is 11.8. The third kappa shape index (κ3) is 7.08. The molecular weight excluding hydrogens is 429 g/mol. The number of benzene rings is 3. The number of ether oxygens (including phenoxy) is 2. The lowest BCUT2D eigenvalue weighted by Crippen LogP contribution is -2.31.